The summed E-state index contributed by atoms with van der Waals surface area (Å²) in [5, 5.41) is 18.1. The number of aromatic nitrogens is 1. The van der Waals surface area contributed by atoms with Gasteiger partial charge in [0, 0.05) is 26.4 Å². The van der Waals surface area contributed by atoms with E-state index in [9.17, 15) is 5.11 Å². The summed E-state index contributed by atoms with van der Waals surface area (Å²) in [6, 6.07) is 3.82. The molecule has 0 aliphatic carbocycles. The highest BCUT2D eigenvalue weighted by Gasteiger charge is 2.04. The molecule has 0 fully saturated rings. The topological polar surface area (TPSA) is 56.6 Å². The normalized spacial score (nSPS) is 12.5. The largest absolute Gasteiger partial charge is 0.396 e. The lowest BCUT2D eigenvalue weighted by Gasteiger charge is -2.18. The molecule has 0 saturated heterocycles. The van der Waals surface area contributed by atoms with Crippen molar-refractivity contribution in [1.82, 2.24) is 4.98 Å². The summed E-state index contributed by atoms with van der Waals surface area (Å²) in [5.74, 6) is 0.915. The second-order valence-electron chi connectivity index (χ2n) is 4.33. The summed E-state index contributed by atoms with van der Waals surface area (Å²) in [4.78, 5) is 6.40. The number of hydrogen-bond acceptors (Lipinski definition) is 4. The molecule has 0 aliphatic rings. The van der Waals surface area contributed by atoms with Gasteiger partial charge in [-0.05, 0) is 37.8 Å². The van der Waals surface area contributed by atoms with Gasteiger partial charge in [0.05, 0.1) is 6.10 Å². The molecule has 1 heterocycles. The quantitative estimate of drug-likeness (QED) is 0.710. The smallest absolute Gasteiger partial charge is 0.128 e. The zero-order valence-electron chi connectivity index (χ0n) is 10.6. The van der Waals surface area contributed by atoms with Crippen molar-refractivity contribution < 1.29 is 10.2 Å². The third kappa shape index (κ3) is 4.71. The number of anilines is 1. The molecule has 1 rings (SSSR count). The molecule has 0 bridgehead atoms. The van der Waals surface area contributed by atoms with Crippen LogP contribution < -0.4 is 4.90 Å². The van der Waals surface area contributed by atoms with Gasteiger partial charge in [-0.1, -0.05) is 6.07 Å². The number of rotatable bonds is 7. The molecule has 0 saturated carbocycles. The predicted octanol–water partition coefficient (Wildman–Crippen LogP) is 1.73. The third-order valence-electron chi connectivity index (χ3n) is 2.80. The van der Waals surface area contributed by atoms with Crippen LogP contribution >= 0.6 is 0 Å². The van der Waals surface area contributed by atoms with E-state index < -0.39 is 6.10 Å². The van der Waals surface area contributed by atoms with E-state index in [0.717, 1.165) is 37.2 Å². The number of aliphatic hydroxyl groups excluding tert-OH is 2. The van der Waals surface area contributed by atoms with Gasteiger partial charge in [0.15, 0.2) is 0 Å². The van der Waals surface area contributed by atoms with E-state index in [-0.39, 0.29) is 6.61 Å². The van der Waals surface area contributed by atoms with Gasteiger partial charge in [-0.3, -0.25) is 0 Å². The molecular weight excluding hydrogens is 216 g/mol. The van der Waals surface area contributed by atoms with Crippen LogP contribution in [0.4, 0.5) is 5.82 Å². The summed E-state index contributed by atoms with van der Waals surface area (Å²) < 4.78 is 0. The van der Waals surface area contributed by atoms with Gasteiger partial charge in [-0.2, -0.15) is 0 Å². The van der Waals surface area contributed by atoms with E-state index in [1.807, 2.05) is 19.2 Å². The lowest BCUT2D eigenvalue weighted by Crippen LogP contribution is -2.19. The molecule has 1 aromatic rings. The maximum Gasteiger partial charge on any atom is 0.128 e. The number of hydrogen-bond donors (Lipinski definition) is 2. The van der Waals surface area contributed by atoms with E-state index in [0.29, 0.717) is 0 Å². The van der Waals surface area contributed by atoms with Crippen LogP contribution in [0.1, 0.15) is 37.9 Å². The molecule has 4 heteroatoms. The highest BCUT2D eigenvalue weighted by molar-refractivity contribution is 5.38. The first-order valence-corrected chi connectivity index (χ1v) is 6.11. The first-order chi connectivity index (χ1) is 8.15. The maximum absolute atomic E-state index is 9.38. The summed E-state index contributed by atoms with van der Waals surface area (Å²) >= 11 is 0. The molecule has 0 amide bonds. The van der Waals surface area contributed by atoms with Crippen molar-refractivity contribution in [3.8, 4) is 0 Å². The molecule has 1 aromatic heterocycles. The molecular formula is C13H22N2O2. The Bertz CT molecular complexity index is 312. The van der Waals surface area contributed by atoms with Crippen molar-refractivity contribution in [2.45, 2.75) is 32.3 Å². The zero-order chi connectivity index (χ0) is 12.7. The molecule has 0 radical (unpaired) electrons. The minimum Gasteiger partial charge on any atom is -0.396 e. The molecule has 0 aliphatic heterocycles. The van der Waals surface area contributed by atoms with Crippen LogP contribution in [0.2, 0.25) is 0 Å². The number of nitrogens with zero attached hydrogens (tertiary/aromatic N) is 2. The van der Waals surface area contributed by atoms with Gasteiger partial charge in [-0.15, -0.1) is 0 Å². The minimum atomic E-state index is -0.466. The second-order valence-corrected chi connectivity index (χ2v) is 4.33. The van der Waals surface area contributed by atoms with Crippen molar-refractivity contribution in [1.29, 1.82) is 0 Å². The van der Waals surface area contributed by atoms with Crippen LogP contribution in [0, 0.1) is 0 Å². The standard InChI is InChI=1S/C13H22N2O2/c1-11(17)12-6-7-13(14-10-12)15(2)8-4-3-5-9-16/h6-7,10-11,16-17H,3-5,8-9H2,1-2H3/t11-/m0/s1. The van der Waals surface area contributed by atoms with Gasteiger partial charge in [0.25, 0.3) is 0 Å². The average molecular weight is 238 g/mol. The Morgan fingerprint density at radius 3 is 2.59 bits per heavy atom. The fourth-order valence-corrected chi connectivity index (χ4v) is 1.62. The second kappa shape index (κ2) is 7.25. The van der Waals surface area contributed by atoms with Crippen LogP contribution in [0.5, 0.6) is 0 Å². The Morgan fingerprint density at radius 1 is 1.29 bits per heavy atom. The molecule has 17 heavy (non-hydrogen) atoms. The fourth-order valence-electron chi connectivity index (χ4n) is 1.62. The van der Waals surface area contributed by atoms with Crippen molar-refractivity contribution in [3.05, 3.63) is 23.9 Å². The molecule has 4 nitrogen and oxygen atoms in total. The molecule has 0 unspecified atom stereocenters. The first-order valence-electron chi connectivity index (χ1n) is 6.11. The van der Waals surface area contributed by atoms with Gasteiger partial charge in [0.1, 0.15) is 5.82 Å². The monoisotopic (exact) mass is 238 g/mol. The molecule has 96 valence electrons. The lowest BCUT2D eigenvalue weighted by molar-refractivity contribution is 0.199. The Morgan fingerprint density at radius 2 is 2.06 bits per heavy atom. The average Bonchev–Trinajstić information content (AvgIpc) is 2.34. The van der Waals surface area contributed by atoms with E-state index >= 15 is 0 Å². The van der Waals surface area contributed by atoms with E-state index in [1.54, 1.807) is 13.1 Å². The molecule has 1 atom stereocenters. The van der Waals surface area contributed by atoms with E-state index in [2.05, 4.69) is 9.88 Å². The van der Waals surface area contributed by atoms with Crippen molar-refractivity contribution in [3.63, 3.8) is 0 Å². The lowest BCUT2D eigenvalue weighted by atomic mass is 10.2. The Kier molecular flexibility index (Phi) is 5.94. The van der Waals surface area contributed by atoms with E-state index in [1.165, 1.54) is 0 Å². The number of aliphatic hydroxyl groups is 2. The van der Waals surface area contributed by atoms with Gasteiger partial charge >= 0.3 is 0 Å². The minimum absolute atomic E-state index is 0.269. The van der Waals surface area contributed by atoms with Crippen LogP contribution in [0.3, 0.4) is 0 Å². The molecule has 0 spiro atoms. The predicted molar refractivity (Wildman–Crippen MR) is 69.1 cm³/mol. The third-order valence-corrected chi connectivity index (χ3v) is 2.80. The van der Waals surface area contributed by atoms with Gasteiger partial charge < -0.3 is 15.1 Å². The van der Waals surface area contributed by atoms with Crippen LogP contribution in [0.25, 0.3) is 0 Å². The van der Waals surface area contributed by atoms with Gasteiger partial charge in [-0.25, -0.2) is 4.98 Å². The van der Waals surface area contributed by atoms with Gasteiger partial charge in [0.2, 0.25) is 0 Å². The summed E-state index contributed by atoms with van der Waals surface area (Å²) in [6.45, 7) is 2.93. The van der Waals surface area contributed by atoms with Crippen molar-refractivity contribution in [2.24, 2.45) is 0 Å². The number of unbranched alkanes of at least 4 members (excludes halogenated alkanes) is 2. The van der Waals surface area contributed by atoms with Crippen LogP contribution in [-0.2, 0) is 0 Å². The summed E-state index contributed by atoms with van der Waals surface area (Å²) in [6.07, 6.45) is 4.20. The Labute approximate surface area is 103 Å². The Balaban J connectivity index is 2.43. The van der Waals surface area contributed by atoms with Crippen molar-refractivity contribution in [2.75, 3.05) is 25.1 Å². The Hall–Kier alpha value is -1.13. The van der Waals surface area contributed by atoms with E-state index in [4.69, 9.17) is 5.11 Å². The summed E-state index contributed by atoms with van der Waals surface area (Å²) in [7, 11) is 2.00. The SMILES string of the molecule is C[C@H](O)c1ccc(N(C)CCCCCO)nc1. The van der Waals surface area contributed by atoms with Crippen LogP contribution in [-0.4, -0.2) is 35.4 Å². The number of pyridine rings is 1. The van der Waals surface area contributed by atoms with Crippen molar-refractivity contribution >= 4 is 5.82 Å². The molecule has 2 N–H and O–H groups in total. The van der Waals surface area contributed by atoms with Crippen LogP contribution in [0.15, 0.2) is 18.3 Å². The zero-order valence-corrected chi connectivity index (χ0v) is 10.6. The maximum atomic E-state index is 9.38. The highest BCUT2D eigenvalue weighted by Crippen LogP contribution is 2.15. The highest BCUT2D eigenvalue weighted by atomic mass is 16.3. The fraction of sp³-hybridized carbons (Fsp3) is 0.615. The first kappa shape index (κ1) is 13.9. The summed E-state index contributed by atoms with van der Waals surface area (Å²) in [5.41, 5.74) is 0.836. The molecule has 0 aromatic carbocycles.